The summed E-state index contributed by atoms with van der Waals surface area (Å²) in [5.41, 5.74) is 7.26. The third-order valence-corrected chi connectivity index (χ3v) is 9.12. The van der Waals surface area contributed by atoms with Gasteiger partial charge in [0, 0.05) is 39.5 Å². The van der Waals surface area contributed by atoms with Gasteiger partial charge in [0.15, 0.2) is 0 Å². The Labute approximate surface area is 276 Å². The average Bonchev–Trinajstić information content (AvgIpc) is 3.67. The molecule has 1 aliphatic carbocycles. The highest BCUT2D eigenvalue weighted by Gasteiger charge is 2.48. The molecule has 240 valence electrons. The van der Waals surface area contributed by atoms with Crippen molar-refractivity contribution in [3.63, 3.8) is 0 Å². The Kier molecular flexibility index (Phi) is 8.97. The summed E-state index contributed by atoms with van der Waals surface area (Å²) in [5, 5.41) is 5.55. The molecule has 2 heterocycles. The lowest BCUT2D eigenvalue weighted by Crippen LogP contribution is -2.37. The number of hydroxylamine groups is 1. The minimum atomic E-state index is -3.86. The Morgan fingerprint density at radius 1 is 1.07 bits per heavy atom. The van der Waals surface area contributed by atoms with Gasteiger partial charge in [-0.25, -0.2) is 10.3 Å². The number of amides is 2. The molecular weight excluding hydrogens is 655 g/mol. The summed E-state index contributed by atoms with van der Waals surface area (Å²) >= 11 is 12.6. The molecule has 1 aliphatic heterocycles. The summed E-state index contributed by atoms with van der Waals surface area (Å²) in [7, 11) is -3.86. The minimum absolute atomic E-state index is 0.0906. The number of hydrogen-bond donors (Lipinski definition) is 1. The van der Waals surface area contributed by atoms with Gasteiger partial charge in [-0.2, -0.15) is 13.5 Å². The molecule has 3 aromatic carbocycles. The molecule has 1 N–H and O–H groups in total. The third-order valence-electron chi connectivity index (χ3n) is 7.96. The maximum absolute atomic E-state index is 13.2. The van der Waals surface area contributed by atoms with E-state index in [2.05, 4.69) is 9.38 Å². The van der Waals surface area contributed by atoms with Crippen molar-refractivity contribution in [3.8, 4) is 16.9 Å². The van der Waals surface area contributed by atoms with Crippen LogP contribution >= 0.6 is 23.2 Å². The number of carbonyl (C=O) groups excluding carboxylic acids is 2. The van der Waals surface area contributed by atoms with Crippen molar-refractivity contribution in [1.29, 1.82) is 0 Å². The lowest BCUT2D eigenvalue weighted by molar-refractivity contribution is 0.0772. The van der Waals surface area contributed by atoms with Crippen molar-refractivity contribution in [2.75, 3.05) is 30.9 Å². The van der Waals surface area contributed by atoms with Gasteiger partial charge in [-0.1, -0.05) is 41.4 Å². The monoisotopic (exact) mass is 684 g/mol. The van der Waals surface area contributed by atoms with Crippen LogP contribution in [0.3, 0.4) is 0 Å². The second-order valence-corrected chi connectivity index (χ2v) is 13.6. The number of aromatic nitrogens is 2. The predicted octanol–water partition coefficient (Wildman–Crippen LogP) is 5.97. The first-order valence-corrected chi connectivity index (χ1v) is 17.0. The van der Waals surface area contributed by atoms with E-state index in [0.29, 0.717) is 39.7 Å². The zero-order chi connectivity index (χ0) is 32.6. The lowest BCUT2D eigenvalue weighted by atomic mass is 9.93. The summed E-state index contributed by atoms with van der Waals surface area (Å²) in [5.74, 6) is 0.608. The van der Waals surface area contributed by atoms with Crippen LogP contribution < -0.4 is 15.1 Å². The fourth-order valence-electron chi connectivity index (χ4n) is 5.61. The Morgan fingerprint density at radius 2 is 1.87 bits per heavy atom. The number of anilines is 1. The standard InChI is InChI=1S/C32H30Cl2N4O7S/c1-19-26(33)6-4-8-29(19)43-11-12-44-32(40)38-18-21-14-25(21)30-24(5-3-7-28(30)38)23-15-35-37(17-23)16-22-13-20(9-10-27(22)34)31(39)36-45-46(2,41)42/h3-10,13,15,17,21,25H,11-12,14,16,18H2,1-2H3,(H,36,39)/t21-,25-/m0/s1. The minimum Gasteiger partial charge on any atom is -0.490 e. The fraction of sp³-hybridized carbons (Fsp3) is 0.281. The summed E-state index contributed by atoms with van der Waals surface area (Å²) in [6.07, 6.45) is 5.02. The molecule has 46 heavy (non-hydrogen) atoms. The van der Waals surface area contributed by atoms with Crippen molar-refractivity contribution in [2.45, 2.75) is 25.8 Å². The van der Waals surface area contributed by atoms with Gasteiger partial charge >= 0.3 is 6.09 Å². The zero-order valence-corrected chi connectivity index (χ0v) is 27.2. The van der Waals surface area contributed by atoms with E-state index in [4.69, 9.17) is 32.7 Å². The first-order chi connectivity index (χ1) is 22.0. The van der Waals surface area contributed by atoms with E-state index < -0.39 is 22.1 Å². The number of nitrogens with zero attached hydrogens (tertiary/aromatic N) is 3. The molecule has 1 fully saturated rings. The van der Waals surface area contributed by atoms with Gasteiger partial charge in [-0.05, 0) is 78.3 Å². The zero-order valence-electron chi connectivity index (χ0n) is 24.9. The molecule has 2 atom stereocenters. The van der Waals surface area contributed by atoms with E-state index in [1.807, 2.05) is 48.9 Å². The Bertz CT molecular complexity index is 1930. The van der Waals surface area contributed by atoms with Crippen LogP contribution in [0, 0.1) is 12.8 Å². The summed E-state index contributed by atoms with van der Waals surface area (Å²) in [6.45, 7) is 3.00. The number of carbonyl (C=O) groups is 2. The van der Waals surface area contributed by atoms with Gasteiger partial charge in [-0.3, -0.25) is 14.4 Å². The topological polar surface area (TPSA) is 129 Å². The van der Waals surface area contributed by atoms with Gasteiger partial charge < -0.3 is 9.47 Å². The molecule has 0 radical (unpaired) electrons. The number of fused-ring (bicyclic) bond motifs is 3. The lowest BCUT2D eigenvalue weighted by Gasteiger charge is -2.29. The molecule has 0 bridgehead atoms. The normalized spacial score (nSPS) is 16.7. The molecular formula is C32H30Cl2N4O7S. The van der Waals surface area contributed by atoms with E-state index >= 15 is 0 Å². The van der Waals surface area contributed by atoms with Crippen LogP contribution in [0.2, 0.25) is 10.0 Å². The molecule has 4 aromatic rings. The van der Waals surface area contributed by atoms with Gasteiger partial charge in [0.05, 0.1) is 24.7 Å². The molecule has 2 amide bonds. The number of benzene rings is 3. The van der Waals surface area contributed by atoms with Gasteiger partial charge in [0.1, 0.15) is 19.0 Å². The second kappa shape index (κ2) is 13.0. The van der Waals surface area contributed by atoms with Crippen LogP contribution in [0.5, 0.6) is 5.75 Å². The van der Waals surface area contributed by atoms with Crippen molar-refractivity contribution in [1.82, 2.24) is 15.3 Å². The number of halogens is 2. The predicted molar refractivity (Wildman–Crippen MR) is 173 cm³/mol. The van der Waals surface area contributed by atoms with Crippen molar-refractivity contribution < 1.29 is 31.8 Å². The Balaban J connectivity index is 1.15. The van der Waals surface area contributed by atoms with Crippen LogP contribution in [0.4, 0.5) is 10.5 Å². The largest absolute Gasteiger partial charge is 0.490 e. The highest BCUT2D eigenvalue weighted by molar-refractivity contribution is 7.85. The smallest absolute Gasteiger partial charge is 0.414 e. The molecule has 0 saturated heterocycles. The SMILES string of the molecule is Cc1c(Cl)cccc1OCCOC(=O)N1C[C@@H]2C[C@@H]2c2c(-c3cnn(Cc4cc(C(=O)NOS(C)(=O)=O)ccc4Cl)c3)cccc21. The Hall–Kier alpha value is -4.10. The van der Waals surface area contributed by atoms with E-state index in [1.54, 1.807) is 34.0 Å². The molecule has 14 heteroatoms. The summed E-state index contributed by atoms with van der Waals surface area (Å²) in [6, 6.07) is 15.9. The van der Waals surface area contributed by atoms with Crippen molar-refractivity contribution >= 4 is 51.0 Å². The van der Waals surface area contributed by atoms with Crippen LogP contribution in [0.1, 0.15) is 39.4 Å². The first kappa shape index (κ1) is 31.9. The van der Waals surface area contributed by atoms with E-state index in [-0.39, 0.29) is 25.3 Å². The highest BCUT2D eigenvalue weighted by Crippen LogP contribution is 2.57. The number of nitrogens with one attached hydrogen (secondary N) is 1. The maximum atomic E-state index is 13.2. The number of rotatable bonds is 10. The molecule has 2 aliphatic rings. The van der Waals surface area contributed by atoms with Crippen LogP contribution in [-0.4, -0.2) is 56.2 Å². The summed E-state index contributed by atoms with van der Waals surface area (Å²) in [4.78, 5) is 27.3. The van der Waals surface area contributed by atoms with Gasteiger partial charge in [0.25, 0.3) is 16.0 Å². The van der Waals surface area contributed by atoms with Gasteiger partial charge in [-0.15, -0.1) is 4.28 Å². The maximum Gasteiger partial charge on any atom is 0.414 e. The molecule has 11 nitrogen and oxygen atoms in total. The van der Waals surface area contributed by atoms with Crippen molar-refractivity contribution in [2.24, 2.45) is 5.92 Å². The van der Waals surface area contributed by atoms with E-state index in [1.165, 1.54) is 6.07 Å². The highest BCUT2D eigenvalue weighted by atomic mass is 35.5. The summed E-state index contributed by atoms with van der Waals surface area (Å²) < 4.78 is 39.9. The molecule has 0 spiro atoms. The molecule has 1 saturated carbocycles. The van der Waals surface area contributed by atoms with Crippen molar-refractivity contribution in [3.05, 3.63) is 99.3 Å². The fourth-order valence-corrected chi connectivity index (χ4v) is 6.18. The Morgan fingerprint density at radius 3 is 2.67 bits per heavy atom. The first-order valence-electron chi connectivity index (χ1n) is 14.4. The second-order valence-electron chi connectivity index (χ2n) is 11.2. The molecule has 6 rings (SSSR count). The van der Waals surface area contributed by atoms with Crippen LogP contribution in [-0.2, 0) is 25.7 Å². The van der Waals surface area contributed by atoms with E-state index in [9.17, 15) is 18.0 Å². The quantitative estimate of drug-likeness (QED) is 0.160. The van der Waals surface area contributed by atoms with E-state index in [0.717, 1.165) is 40.6 Å². The average molecular weight is 686 g/mol. The molecule has 1 aromatic heterocycles. The number of ether oxygens (including phenoxy) is 2. The molecule has 0 unspecified atom stereocenters. The number of hydrogen-bond acceptors (Lipinski definition) is 8. The van der Waals surface area contributed by atoms with Gasteiger partial charge in [0.2, 0.25) is 0 Å². The third kappa shape index (κ3) is 7.00. The van der Waals surface area contributed by atoms with Crippen LogP contribution in [0.15, 0.2) is 67.0 Å². The van der Waals surface area contributed by atoms with Crippen LogP contribution in [0.25, 0.3) is 11.1 Å².